The molecule has 0 aliphatic carbocycles. The summed E-state index contributed by atoms with van der Waals surface area (Å²) in [6.45, 7) is 4.29. The van der Waals surface area contributed by atoms with Crippen molar-refractivity contribution in [1.29, 1.82) is 5.26 Å². The van der Waals surface area contributed by atoms with E-state index in [9.17, 15) is 10.1 Å². The molecule has 0 amide bonds. The van der Waals surface area contributed by atoms with E-state index in [1.54, 1.807) is 13.0 Å². The lowest BCUT2D eigenvalue weighted by Crippen LogP contribution is -2.46. The van der Waals surface area contributed by atoms with Crippen LogP contribution < -0.4 is 14.8 Å². The molecule has 7 nitrogen and oxygen atoms in total. The van der Waals surface area contributed by atoms with Crippen molar-refractivity contribution in [3.8, 4) is 17.6 Å². The molecule has 1 aromatic rings. The average Bonchev–Trinajstić information content (AvgIpc) is 2.45. The molecule has 0 aliphatic heterocycles. The van der Waals surface area contributed by atoms with Gasteiger partial charge in [0.2, 0.25) is 0 Å². The summed E-state index contributed by atoms with van der Waals surface area (Å²) >= 11 is 0. The Morgan fingerprint density at radius 2 is 2.25 bits per heavy atom. The van der Waals surface area contributed by atoms with Gasteiger partial charge in [0.15, 0.2) is 5.75 Å². The Labute approximate surface area is 117 Å². The minimum atomic E-state index is -0.844. The zero-order chi connectivity index (χ0) is 15.2. The molecule has 0 fully saturated rings. The van der Waals surface area contributed by atoms with E-state index in [1.807, 2.05) is 6.92 Å². The molecule has 7 heteroatoms. The van der Waals surface area contributed by atoms with Gasteiger partial charge in [-0.05, 0) is 25.6 Å². The van der Waals surface area contributed by atoms with Gasteiger partial charge in [-0.2, -0.15) is 5.26 Å². The Hall–Kier alpha value is -2.33. The maximum atomic E-state index is 10.9. The molecular weight excluding hydrogens is 262 g/mol. The zero-order valence-electron chi connectivity index (χ0n) is 11.7. The van der Waals surface area contributed by atoms with E-state index in [2.05, 4.69) is 11.4 Å². The number of nitriles is 1. The van der Waals surface area contributed by atoms with Crippen molar-refractivity contribution < 1.29 is 14.4 Å². The summed E-state index contributed by atoms with van der Waals surface area (Å²) < 4.78 is 10.4. The number of nitro benzene ring substituents is 1. The Morgan fingerprint density at radius 3 is 2.75 bits per heavy atom. The van der Waals surface area contributed by atoms with Gasteiger partial charge < -0.3 is 9.47 Å². The summed E-state index contributed by atoms with van der Waals surface area (Å²) in [5.74, 6) is 0.481. The average molecular weight is 279 g/mol. The molecule has 0 saturated heterocycles. The first-order chi connectivity index (χ1) is 9.45. The highest BCUT2D eigenvalue weighted by Gasteiger charge is 2.24. The number of nitrogens with zero attached hydrogens (tertiary/aromatic N) is 2. The summed E-state index contributed by atoms with van der Waals surface area (Å²) in [6.07, 6.45) is 0. The number of nitro groups is 1. The molecule has 20 heavy (non-hydrogen) atoms. The Kier molecular flexibility index (Phi) is 5.29. The molecule has 0 bridgehead atoms. The van der Waals surface area contributed by atoms with Gasteiger partial charge in [-0.15, -0.1) is 0 Å². The number of likely N-dealkylation sites (N-methyl/N-ethyl adjacent to an activating group) is 1. The zero-order valence-corrected chi connectivity index (χ0v) is 11.7. The molecule has 0 saturated carbocycles. The molecule has 1 N–H and O–H groups in total. The lowest BCUT2D eigenvalue weighted by Gasteiger charge is -2.22. The highest BCUT2D eigenvalue weighted by Crippen LogP contribution is 2.30. The predicted octanol–water partition coefficient (Wildman–Crippen LogP) is 1.87. The van der Waals surface area contributed by atoms with Crippen molar-refractivity contribution in [2.75, 3.05) is 20.3 Å². The first kappa shape index (κ1) is 15.7. The minimum Gasteiger partial charge on any atom is -0.490 e. The van der Waals surface area contributed by atoms with E-state index in [-0.39, 0.29) is 18.0 Å². The van der Waals surface area contributed by atoms with Crippen LogP contribution in [0.2, 0.25) is 0 Å². The molecular formula is C13H17N3O4. The Bertz CT molecular complexity index is 527. The number of methoxy groups -OCH3 is 1. The third-order valence-electron chi connectivity index (χ3n) is 2.69. The number of rotatable bonds is 7. The normalized spacial score (nSPS) is 13.1. The molecule has 0 heterocycles. The van der Waals surface area contributed by atoms with Crippen LogP contribution in [0.25, 0.3) is 0 Å². The number of nitrogens with one attached hydrogen (secondary N) is 1. The number of benzene rings is 1. The third kappa shape index (κ3) is 3.83. The van der Waals surface area contributed by atoms with Gasteiger partial charge in [0.1, 0.15) is 17.9 Å². The van der Waals surface area contributed by atoms with Gasteiger partial charge in [0.25, 0.3) is 0 Å². The van der Waals surface area contributed by atoms with Crippen LogP contribution in [-0.4, -0.2) is 30.7 Å². The molecule has 1 aromatic carbocycles. The van der Waals surface area contributed by atoms with E-state index < -0.39 is 10.5 Å². The monoisotopic (exact) mass is 279 g/mol. The van der Waals surface area contributed by atoms with Crippen LogP contribution in [-0.2, 0) is 0 Å². The van der Waals surface area contributed by atoms with Crippen molar-refractivity contribution in [1.82, 2.24) is 5.32 Å². The molecule has 1 unspecified atom stereocenters. The van der Waals surface area contributed by atoms with Crippen molar-refractivity contribution in [3.05, 3.63) is 28.3 Å². The summed E-state index contributed by atoms with van der Waals surface area (Å²) in [7, 11) is 1.36. The Balaban J connectivity index is 2.87. The van der Waals surface area contributed by atoms with Gasteiger partial charge >= 0.3 is 5.69 Å². The minimum absolute atomic E-state index is 0.0841. The second kappa shape index (κ2) is 6.73. The van der Waals surface area contributed by atoms with Crippen molar-refractivity contribution in [2.24, 2.45) is 0 Å². The van der Waals surface area contributed by atoms with E-state index in [0.29, 0.717) is 12.3 Å². The van der Waals surface area contributed by atoms with E-state index in [1.165, 1.54) is 19.2 Å². The number of ether oxygens (including phenoxy) is 2. The van der Waals surface area contributed by atoms with E-state index in [0.717, 1.165) is 0 Å². The number of hydrogen-bond donors (Lipinski definition) is 1. The smallest absolute Gasteiger partial charge is 0.314 e. The first-order valence-electron chi connectivity index (χ1n) is 6.07. The van der Waals surface area contributed by atoms with Crippen molar-refractivity contribution in [2.45, 2.75) is 19.4 Å². The SMILES string of the molecule is CCNC(C)(C#N)COc1ccc(OC)c([N+](=O)[O-])c1. The number of hydrogen-bond acceptors (Lipinski definition) is 6. The molecule has 0 aromatic heterocycles. The van der Waals surface area contributed by atoms with Crippen LogP contribution in [0.4, 0.5) is 5.69 Å². The highest BCUT2D eigenvalue weighted by molar-refractivity contribution is 5.50. The molecule has 0 spiro atoms. The summed E-state index contributed by atoms with van der Waals surface area (Å²) in [5.41, 5.74) is -1.02. The van der Waals surface area contributed by atoms with E-state index >= 15 is 0 Å². The largest absolute Gasteiger partial charge is 0.490 e. The molecule has 0 radical (unpaired) electrons. The van der Waals surface area contributed by atoms with Crippen LogP contribution in [0.3, 0.4) is 0 Å². The molecule has 0 aliphatic rings. The third-order valence-corrected chi connectivity index (χ3v) is 2.69. The lowest BCUT2D eigenvalue weighted by molar-refractivity contribution is -0.385. The summed E-state index contributed by atoms with van der Waals surface area (Å²) in [5, 5.41) is 23.0. The van der Waals surface area contributed by atoms with Gasteiger partial charge in [-0.1, -0.05) is 6.92 Å². The molecule has 1 rings (SSSR count). The fraction of sp³-hybridized carbons (Fsp3) is 0.462. The lowest BCUT2D eigenvalue weighted by atomic mass is 10.1. The fourth-order valence-corrected chi connectivity index (χ4v) is 1.64. The molecule has 108 valence electrons. The predicted molar refractivity (Wildman–Crippen MR) is 72.8 cm³/mol. The Morgan fingerprint density at radius 1 is 1.55 bits per heavy atom. The second-order valence-corrected chi connectivity index (χ2v) is 4.35. The standard InChI is InChI=1S/C13H17N3O4/c1-4-15-13(2,8-14)9-20-10-5-6-12(19-3)11(7-10)16(17)18/h5-7,15H,4,9H2,1-3H3. The maximum Gasteiger partial charge on any atom is 0.314 e. The fourth-order valence-electron chi connectivity index (χ4n) is 1.64. The van der Waals surface area contributed by atoms with Crippen LogP contribution in [0.15, 0.2) is 18.2 Å². The van der Waals surface area contributed by atoms with E-state index in [4.69, 9.17) is 14.7 Å². The van der Waals surface area contributed by atoms with Crippen LogP contribution >= 0.6 is 0 Å². The van der Waals surface area contributed by atoms with Crippen LogP contribution in [0, 0.1) is 21.4 Å². The van der Waals surface area contributed by atoms with Crippen LogP contribution in [0.1, 0.15) is 13.8 Å². The summed E-state index contributed by atoms with van der Waals surface area (Å²) in [4.78, 5) is 10.4. The highest BCUT2D eigenvalue weighted by atomic mass is 16.6. The van der Waals surface area contributed by atoms with Gasteiger partial charge in [0, 0.05) is 0 Å². The second-order valence-electron chi connectivity index (χ2n) is 4.35. The quantitative estimate of drug-likeness (QED) is 0.604. The molecule has 1 atom stereocenters. The van der Waals surface area contributed by atoms with Gasteiger partial charge in [-0.3, -0.25) is 15.4 Å². The van der Waals surface area contributed by atoms with Crippen LogP contribution in [0.5, 0.6) is 11.5 Å². The summed E-state index contributed by atoms with van der Waals surface area (Å²) in [6, 6.07) is 6.42. The van der Waals surface area contributed by atoms with Crippen molar-refractivity contribution in [3.63, 3.8) is 0 Å². The first-order valence-corrected chi connectivity index (χ1v) is 6.07. The van der Waals surface area contributed by atoms with Crippen molar-refractivity contribution >= 4 is 5.69 Å². The maximum absolute atomic E-state index is 10.9. The van der Waals surface area contributed by atoms with Gasteiger partial charge in [-0.25, -0.2) is 0 Å². The van der Waals surface area contributed by atoms with Gasteiger partial charge in [0.05, 0.1) is 24.2 Å². The topological polar surface area (TPSA) is 97.4 Å².